The number of ether oxygens (including phenoxy) is 1. The molecule has 118 valence electrons. The minimum Gasteiger partial charge on any atom is -0.444 e. The van der Waals surface area contributed by atoms with Gasteiger partial charge in [-0.25, -0.2) is 13.2 Å². The zero-order valence-corrected chi connectivity index (χ0v) is 13.4. The molecular formula is C13H26N2O4S. The molecule has 20 heavy (non-hydrogen) atoms. The van der Waals surface area contributed by atoms with Crippen LogP contribution in [-0.4, -0.2) is 50.7 Å². The first-order valence-electron chi connectivity index (χ1n) is 7.10. The Hall–Kier alpha value is -0.820. The lowest BCUT2D eigenvalue weighted by molar-refractivity contribution is 0.0527. The molecule has 0 aliphatic carbocycles. The molecule has 0 aromatic heterocycles. The van der Waals surface area contributed by atoms with Crippen LogP contribution in [0.15, 0.2) is 0 Å². The molecule has 1 heterocycles. The van der Waals surface area contributed by atoms with Gasteiger partial charge in [-0.2, -0.15) is 0 Å². The van der Waals surface area contributed by atoms with E-state index in [9.17, 15) is 13.2 Å². The van der Waals surface area contributed by atoms with Crippen LogP contribution in [0.3, 0.4) is 0 Å². The largest absolute Gasteiger partial charge is 0.444 e. The smallest absolute Gasteiger partial charge is 0.407 e. The van der Waals surface area contributed by atoms with Crippen molar-refractivity contribution in [2.24, 2.45) is 0 Å². The second-order valence-corrected chi connectivity index (χ2v) is 8.52. The maximum Gasteiger partial charge on any atom is 0.407 e. The van der Waals surface area contributed by atoms with Gasteiger partial charge in [0.15, 0.2) is 9.84 Å². The number of hydrogen-bond acceptors (Lipinski definition) is 5. The number of rotatable bonds is 6. The molecule has 0 aromatic rings. The van der Waals surface area contributed by atoms with E-state index in [1.807, 2.05) is 20.8 Å². The van der Waals surface area contributed by atoms with Crippen molar-refractivity contribution in [1.29, 1.82) is 0 Å². The Balaban J connectivity index is 2.04. The summed E-state index contributed by atoms with van der Waals surface area (Å²) < 4.78 is 28.3. The first-order valence-corrected chi connectivity index (χ1v) is 8.81. The van der Waals surface area contributed by atoms with Crippen LogP contribution in [0.4, 0.5) is 4.79 Å². The number of amides is 1. The van der Waals surface area contributed by atoms with Crippen LogP contribution < -0.4 is 10.6 Å². The Labute approximate surface area is 121 Å². The molecule has 1 saturated heterocycles. The maximum absolute atomic E-state index is 11.6. The van der Waals surface area contributed by atoms with Gasteiger partial charge in [-0.05, 0) is 46.6 Å². The van der Waals surface area contributed by atoms with Gasteiger partial charge in [0.1, 0.15) is 5.60 Å². The van der Waals surface area contributed by atoms with Gasteiger partial charge < -0.3 is 15.4 Å². The van der Waals surface area contributed by atoms with E-state index in [-0.39, 0.29) is 5.25 Å². The summed E-state index contributed by atoms with van der Waals surface area (Å²) in [5.41, 5.74) is -0.487. The van der Waals surface area contributed by atoms with Crippen molar-refractivity contribution < 1.29 is 17.9 Å². The van der Waals surface area contributed by atoms with E-state index in [0.717, 1.165) is 19.3 Å². The second-order valence-electron chi connectivity index (χ2n) is 6.12. The molecule has 6 nitrogen and oxygen atoms in total. The first kappa shape index (κ1) is 17.2. The zero-order chi connectivity index (χ0) is 15.2. The van der Waals surface area contributed by atoms with E-state index >= 15 is 0 Å². The van der Waals surface area contributed by atoms with Gasteiger partial charge in [-0.15, -0.1) is 0 Å². The molecule has 1 unspecified atom stereocenters. The van der Waals surface area contributed by atoms with Gasteiger partial charge in [-0.3, -0.25) is 0 Å². The monoisotopic (exact) mass is 306 g/mol. The minimum atomic E-state index is -2.87. The van der Waals surface area contributed by atoms with Crippen LogP contribution in [0.2, 0.25) is 0 Å². The predicted octanol–water partition coefficient (Wildman–Crippen LogP) is 1.07. The zero-order valence-electron chi connectivity index (χ0n) is 12.6. The normalized spacial score (nSPS) is 21.6. The van der Waals surface area contributed by atoms with Crippen molar-refractivity contribution in [3.63, 3.8) is 0 Å². The Morgan fingerprint density at radius 3 is 2.55 bits per heavy atom. The van der Waals surface area contributed by atoms with Crippen LogP contribution in [0.5, 0.6) is 0 Å². The van der Waals surface area contributed by atoms with Crippen molar-refractivity contribution in [3.8, 4) is 0 Å². The Bertz CT molecular complexity index is 415. The van der Waals surface area contributed by atoms with Crippen molar-refractivity contribution >= 4 is 15.9 Å². The van der Waals surface area contributed by atoms with Crippen LogP contribution in [0, 0.1) is 0 Å². The van der Waals surface area contributed by atoms with Gasteiger partial charge in [-0.1, -0.05) is 0 Å². The van der Waals surface area contributed by atoms with Crippen molar-refractivity contribution in [3.05, 3.63) is 0 Å². The lowest BCUT2D eigenvalue weighted by Gasteiger charge is -2.19. The summed E-state index contributed by atoms with van der Waals surface area (Å²) >= 11 is 0. The summed E-state index contributed by atoms with van der Waals surface area (Å²) in [6, 6.07) is 0. The van der Waals surface area contributed by atoms with E-state index in [0.29, 0.717) is 25.4 Å². The summed E-state index contributed by atoms with van der Waals surface area (Å²) in [7, 11) is -2.87. The minimum absolute atomic E-state index is 0.235. The summed E-state index contributed by atoms with van der Waals surface area (Å²) in [6.07, 6.45) is 1.85. The van der Waals surface area contributed by atoms with Crippen molar-refractivity contribution in [1.82, 2.24) is 10.6 Å². The standard InChI is InChI=1S/C13H26N2O4S/c1-13(2,3)19-12(16)15-8-5-7-14-10-11-6-4-9-20(11,17)18/h11,14H,4-10H2,1-3H3,(H,15,16). The van der Waals surface area contributed by atoms with Gasteiger partial charge in [0.25, 0.3) is 0 Å². The van der Waals surface area contributed by atoms with E-state index in [1.54, 1.807) is 0 Å². The van der Waals surface area contributed by atoms with Crippen LogP contribution in [-0.2, 0) is 14.6 Å². The summed E-state index contributed by atoms with van der Waals surface area (Å²) in [5, 5.41) is 5.56. The van der Waals surface area contributed by atoms with E-state index in [4.69, 9.17) is 4.74 Å². The summed E-state index contributed by atoms with van der Waals surface area (Å²) in [4.78, 5) is 11.4. The molecule has 0 aromatic carbocycles. The number of alkyl carbamates (subject to hydrolysis) is 1. The van der Waals surface area contributed by atoms with Crippen LogP contribution >= 0.6 is 0 Å². The van der Waals surface area contributed by atoms with E-state index in [1.165, 1.54) is 0 Å². The number of hydrogen-bond donors (Lipinski definition) is 2. The molecule has 0 bridgehead atoms. The number of nitrogens with one attached hydrogen (secondary N) is 2. The quantitative estimate of drug-likeness (QED) is 0.717. The Morgan fingerprint density at radius 2 is 2.00 bits per heavy atom. The molecule has 7 heteroatoms. The highest BCUT2D eigenvalue weighted by Gasteiger charge is 2.30. The molecule has 1 atom stereocenters. The third kappa shape index (κ3) is 6.56. The molecule has 1 aliphatic rings. The number of carbonyl (C=O) groups excluding carboxylic acids is 1. The third-order valence-electron chi connectivity index (χ3n) is 3.03. The molecule has 2 N–H and O–H groups in total. The molecule has 1 fully saturated rings. The molecule has 1 amide bonds. The molecule has 0 radical (unpaired) electrons. The highest BCUT2D eigenvalue weighted by molar-refractivity contribution is 7.92. The summed E-state index contributed by atoms with van der Waals surface area (Å²) in [5.74, 6) is 0.319. The Morgan fingerprint density at radius 1 is 1.30 bits per heavy atom. The fraction of sp³-hybridized carbons (Fsp3) is 0.923. The second kappa shape index (κ2) is 7.26. The molecular weight excluding hydrogens is 280 g/mol. The number of sulfone groups is 1. The van der Waals surface area contributed by atoms with E-state index < -0.39 is 21.5 Å². The van der Waals surface area contributed by atoms with Gasteiger partial charge in [0.05, 0.1) is 11.0 Å². The highest BCUT2D eigenvalue weighted by atomic mass is 32.2. The van der Waals surface area contributed by atoms with Crippen molar-refractivity contribution in [2.45, 2.75) is 50.9 Å². The van der Waals surface area contributed by atoms with Gasteiger partial charge >= 0.3 is 6.09 Å². The molecule has 0 saturated carbocycles. The average Bonchev–Trinajstić information content (AvgIpc) is 2.60. The predicted molar refractivity (Wildman–Crippen MR) is 78.5 cm³/mol. The van der Waals surface area contributed by atoms with Crippen LogP contribution in [0.25, 0.3) is 0 Å². The van der Waals surface area contributed by atoms with Crippen molar-refractivity contribution in [2.75, 3.05) is 25.4 Å². The highest BCUT2D eigenvalue weighted by Crippen LogP contribution is 2.18. The lowest BCUT2D eigenvalue weighted by atomic mass is 10.2. The van der Waals surface area contributed by atoms with E-state index in [2.05, 4.69) is 10.6 Å². The molecule has 0 spiro atoms. The fourth-order valence-corrected chi connectivity index (χ4v) is 3.87. The average molecular weight is 306 g/mol. The van der Waals surface area contributed by atoms with Gasteiger partial charge in [0.2, 0.25) is 0 Å². The summed E-state index contributed by atoms with van der Waals surface area (Å²) in [6.45, 7) is 7.15. The third-order valence-corrected chi connectivity index (χ3v) is 5.31. The Kier molecular flexibility index (Phi) is 6.26. The topological polar surface area (TPSA) is 84.5 Å². The maximum atomic E-state index is 11.6. The molecule has 1 aliphatic heterocycles. The van der Waals surface area contributed by atoms with Gasteiger partial charge in [0, 0.05) is 13.1 Å². The SMILES string of the molecule is CC(C)(C)OC(=O)NCCCNCC1CCCS1(=O)=O. The fourth-order valence-electron chi connectivity index (χ4n) is 2.07. The number of carbonyl (C=O) groups is 1. The molecule has 1 rings (SSSR count). The first-order chi connectivity index (χ1) is 9.21. The lowest BCUT2D eigenvalue weighted by Crippen LogP contribution is -2.35. The van der Waals surface area contributed by atoms with Crippen LogP contribution in [0.1, 0.15) is 40.0 Å².